The summed E-state index contributed by atoms with van der Waals surface area (Å²) in [6.45, 7) is 14.7. The van der Waals surface area contributed by atoms with E-state index in [-0.39, 0.29) is 5.82 Å². The molecule has 4 heterocycles. The number of hydrogen-bond acceptors (Lipinski definition) is 11. The van der Waals surface area contributed by atoms with Crippen molar-refractivity contribution in [2.75, 3.05) is 10.2 Å². The second-order valence-electron chi connectivity index (χ2n) is 15.0. The fourth-order valence-electron chi connectivity index (χ4n) is 7.84. The molecule has 9 aromatic rings. The number of pyridine rings is 1. The maximum Gasteiger partial charge on any atom is 0.213 e. The van der Waals surface area contributed by atoms with Crippen LogP contribution in [0.25, 0.3) is 36.8 Å². The lowest BCUT2D eigenvalue weighted by molar-refractivity contribution is 0.866. The van der Waals surface area contributed by atoms with E-state index >= 15 is 0 Å². The Hall–Kier alpha value is -7.07. The van der Waals surface area contributed by atoms with Gasteiger partial charge in [-0.15, -0.1) is 10.2 Å². The number of aryl methyl sites for hydroxylation is 7. The number of nitrogens with one attached hydrogen (secondary N) is 1. The number of nitrogens with zero attached hydrogens (tertiary/aromatic N) is 9. The normalized spacial score (nSPS) is 11.5. The van der Waals surface area contributed by atoms with E-state index < -0.39 is 0 Å². The van der Waals surface area contributed by atoms with Gasteiger partial charge in [0, 0.05) is 11.3 Å². The zero-order valence-corrected chi connectivity index (χ0v) is 35.9. The highest BCUT2D eigenvalue weighted by molar-refractivity contribution is 7.22. The minimum atomic E-state index is 0.273. The van der Waals surface area contributed by atoms with Crippen molar-refractivity contribution >= 4 is 82.8 Å². The molecule has 10 nitrogen and oxygen atoms in total. The van der Waals surface area contributed by atoms with Crippen LogP contribution in [0, 0.1) is 59.8 Å². The molecule has 12 heteroatoms. The van der Waals surface area contributed by atoms with Crippen LogP contribution < -0.4 is 10.2 Å². The Kier molecular flexibility index (Phi) is 9.99. The average Bonchev–Trinajstić information content (AvgIpc) is 3.95. The van der Waals surface area contributed by atoms with Crippen LogP contribution in [0.1, 0.15) is 44.5 Å². The quantitative estimate of drug-likeness (QED) is 0.144. The molecule has 0 radical (unpaired) electrons. The molecule has 0 unspecified atom stereocenters. The number of para-hydroxylation sites is 2. The zero-order valence-electron chi connectivity index (χ0n) is 34.2. The number of thiazole rings is 2. The highest BCUT2D eigenvalue weighted by Gasteiger charge is 2.26. The summed E-state index contributed by atoms with van der Waals surface area (Å²) in [7, 11) is 0. The summed E-state index contributed by atoms with van der Waals surface area (Å²) in [5.41, 5.74) is 13.3. The Labute approximate surface area is 356 Å². The van der Waals surface area contributed by atoms with Crippen molar-refractivity contribution in [3.63, 3.8) is 0 Å². The van der Waals surface area contributed by atoms with Crippen molar-refractivity contribution in [1.82, 2.24) is 24.7 Å². The summed E-state index contributed by atoms with van der Waals surface area (Å²) in [6.07, 6.45) is 0. The van der Waals surface area contributed by atoms with Crippen LogP contribution in [0.2, 0.25) is 0 Å². The van der Waals surface area contributed by atoms with Crippen molar-refractivity contribution in [3.05, 3.63) is 154 Å². The van der Waals surface area contributed by atoms with Crippen LogP contribution >= 0.6 is 22.7 Å². The number of anilines is 5. The van der Waals surface area contributed by atoms with Crippen molar-refractivity contribution in [2.24, 2.45) is 10.2 Å². The van der Waals surface area contributed by atoms with E-state index in [0.717, 1.165) is 70.3 Å². The molecule has 4 aromatic heterocycles. The number of nitriles is 1. The van der Waals surface area contributed by atoms with E-state index in [9.17, 15) is 5.26 Å². The van der Waals surface area contributed by atoms with Crippen LogP contribution in [-0.2, 0) is 0 Å². The molecule has 0 bridgehead atoms. The predicted molar refractivity (Wildman–Crippen MR) is 246 cm³/mol. The van der Waals surface area contributed by atoms with Crippen molar-refractivity contribution in [2.45, 2.75) is 48.5 Å². The Morgan fingerprint density at radius 2 is 1.25 bits per heavy atom. The van der Waals surface area contributed by atoms with Gasteiger partial charge in [0.1, 0.15) is 28.8 Å². The second-order valence-corrected chi connectivity index (χ2v) is 17.1. The summed E-state index contributed by atoms with van der Waals surface area (Å²) in [5.74, 6) is 1.45. The standard InChI is InChI=1S/C48H40N10S2/c1-27-21-29(3)41(30(4)22-27)53-45-42(31(5)25-40(52-45)57(44-32(6)23-28(2)24-33(44)7)47-50-36-17-11-13-19-38(36)59-47)54-55-46-35(26-49)43(34-15-9-8-10-16-34)56-58(46)48-51-37-18-12-14-20-39(37)60-48/h8-25H,1-7H3,(H,52,53)/b55-54+. The third-order valence-electron chi connectivity index (χ3n) is 10.4. The predicted octanol–water partition coefficient (Wildman–Crippen LogP) is 13.8. The maximum absolute atomic E-state index is 10.7. The molecule has 294 valence electrons. The van der Waals surface area contributed by atoms with Crippen LogP contribution in [-0.4, -0.2) is 24.7 Å². The zero-order chi connectivity index (χ0) is 41.7. The van der Waals surface area contributed by atoms with E-state index in [1.165, 1.54) is 22.5 Å². The lowest BCUT2D eigenvalue weighted by atomic mass is 10.0. The first-order valence-corrected chi connectivity index (χ1v) is 21.2. The van der Waals surface area contributed by atoms with E-state index in [4.69, 9.17) is 30.3 Å². The van der Waals surface area contributed by atoms with Gasteiger partial charge in [-0.1, -0.05) is 113 Å². The van der Waals surface area contributed by atoms with Gasteiger partial charge in [0.15, 0.2) is 16.8 Å². The van der Waals surface area contributed by atoms with E-state index in [0.29, 0.717) is 33.7 Å². The van der Waals surface area contributed by atoms with Gasteiger partial charge < -0.3 is 5.32 Å². The van der Waals surface area contributed by atoms with Gasteiger partial charge in [-0.2, -0.15) is 15.0 Å². The average molecular weight is 821 g/mol. The number of benzene rings is 5. The smallest absolute Gasteiger partial charge is 0.213 e. The summed E-state index contributed by atoms with van der Waals surface area (Å²) in [5, 5.41) is 30.6. The molecule has 0 atom stereocenters. The van der Waals surface area contributed by atoms with Gasteiger partial charge in [-0.25, -0.2) is 15.0 Å². The summed E-state index contributed by atoms with van der Waals surface area (Å²) < 4.78 is 3.71. The van der Waals surface area contributed by atoms with Crippen LogP contribution in [0.3, 0.4) is 0 Å². The largest absolute Gasteiger partial charge is 0.338 e. The number of fused-ring (bicyclic) bond motifs is 2. The first-order chi connectivity index (χ1) is 29.1. The molecule has 0 amide bonds. The summed E-state index contributed by atoms with van der Waals surface area (Å²) >= 11 is 3.10. The Morgan fingerprint density at radius 3 is 1.88 bits per heavy atom. The third-order valence-corrected chi connectivity index (χ3v) is 12.4. The summed E-state index contributed by atoms with van der Waals surface area (Å²) in [6, 6.07) is 38.9. The van der Waals surface area contributed by atoms with Gasteiger partial charge in [0.25, 0.3) is 0 Å². The van der Waals surface area contributed by atoms with Crippen molar-refractivity contribution in [3.8, 4) is 22.5 Å². The molecule has 0 aliphatic heterocycles. The molecule has 0 saturated carbocycles. The van der Waals surface area contributed by atoms with Crippen LogP contribution in [0.4, 0.5) is 39.6 Å². The fourth-order valence-corrected chi connectivity index (χ4v) is 9.75. The number of rotatable bonds is 9. The van der Waals surface area contributed by atoms with Crippen LogP contribution in [0.15, 0.2) is 119 Å². The monoisotopic (exact) mass is 820 g/mol. The van der Waals surface area contributed by atoms with E-state index in [2.05, 4.69) is 88.2 Å². The molecule has 60 heavy (non-hydrogen) atoms. The third kappa shape index (κ3) is 7.08. The Bertz CT molecular complexity index is 3070. The molecule has 0 aliphatic rings. The highest BCUT2D eigenvalue weighted by atomic mass is 32.1. The fraction of sp³-hybridized carbons (Fsp3) is 0.146. The highest BCUT2D eigenvalue weighted by Crippen LogP contribution is 2.45. The molecule has 5 aromatic carbocycles. The minimum Gasteiger partial charge on any atom is -0.338 e. The van der Waals surface area contributed by atoms with Crippen LogP contribution in [0.5, 0.6) is 0 Å². The number of aromatic nitrogens is 5. The van der Waals surface area contributed by atoms with E-state index in [1.54, 1.807) is 16.0 Å². The molecule has 9 rings (SSSR count). The van der Waals surface area contributed by atoms with Crippen molar-refractivity contribution in [1.29, 1.82) is 5.26 Å². The Morgan fingerprint density at radius 1 is 0.650 bits per heavy atom. The molecule has 0 aliphatic carbocycles. The molecule has 0 fully saturated rings. The molecule has 0 saturated heterocycles. The molecular formula is C48H40N10S2. The second kappa shape index (κ2) is 15.6. The van der Waals surface area contributed by atoms with Gasteiger partial charge in [-0.3, -0.25) is 4.90 Å². The lowest BCUT2D eigenvalue weighted by Gasteiger charge is -2.27. The molecule has 1 N–H and O–H groups in total. The minimum absolute atomic E-state index is 0.273. The van der Waals surface area contributed by atoms with E-state index in [1.807, 2.05) is 85.8 Å². The van der Waals surface area contributed by atoms with Gasteiger partial charge >= 0.3 is 0 Å². The summed E-state index contributed by atoms with van der Waals surface area (Å²) in [4.78, 5) is 17.6. The topological polar surface area (TPSA) is 120 Å². The first-order valence-electron chi connectivity index (χ1n) is 19.5. The number of azo groups is 1. The van der Waals surface area contributed by atoms with Gasteiger partial charge in [-0.05, 0) is 107 Å². The molecule has 0 spiro atoms. The first kappa shape index (κ1) is 38.4. The molecular weight excluding hydrogens is 781 g/mol. The van der Waals surface area contributed by atoms with Crippen molar-refractivity contribution < 1.29 is 0 Å². The van der Waals surface area contributed by atoms with Gasteiger partial charge in [0.2, 0.25) is 5.13 Å². The lowest BCUT2D eigenvalue weighted by Crippen LogP contribution is -2.15. The SMILES string of the molecule is Cc1cc(C)c(Nc2nc(N(c3nc4ccccc4s3)c3c(C)cc(C)cc3C)cc(C)c2/N=N/c2c(C#N)c(-c3ccccc3)nn2-c2nc3ccccc3s2)c(C)c1. The Balaban J connectivity index is 1.27. The van der Waals surface area contributed by atoms with Gasteiger partial charge in [0.05, 0.1) is 26.1 Å². The maximum atomic E-state index is 10.7. The number of hydrogen-bond donors (Lipinski definition) is 1.